The molecular formula is C22H24F2N6O. The predicted molar refractivity (Wildman–Crippen MR) is 114 cm³/mol. The Morgan fingerprint density at radius 1 is 1.19 bits per heavy atom. The number of nitrogens with zero attached hydrogens (tertiary/aromatic N) is 2. The van der Waals surface area contributed by atoms with Crippen LogP contribution in [-0.4, -0.2) is 21.1 Å². The van der Waals surface area contributed by atoms with E-state index in [-0.39, 0.29) is 30.1 Å². The van der Waals surface area contributed by atoms with E-state index in [2.05, 4.69) is 31.1 Å². The Bertz CT molecular complexity index is 1080. The number of pyridine rings is 1. The summed E-state index contributed by atoms with van der Waals surface area (Å²) in [5.74, 6) is 0.301. The lowest BCUT2D eigenvalue weighted by molar-refractivity contribution is -0.119. The molecule has 0 bridgehead atoms. The van der Waals surface area contributed by atoms with Gasteiger partial charge >= 0.3 is 0 Å². The van der Waals surface area contributed by atoms with E-state index in [1.54, 1.807) is 12.1 Å². The van der Waals surface area contributed by atoms with Crippen LogP contribution >= 0.6 is 0 Å². The Balaban J connectivity index is 1.59. The van der Waals surface area contributed by atoms with Crippen molar-refractivity contribution in [2.24, 2.45) is 0 Å². The molecule has 7 nitrogen and oxygen atoms in total. The van der Waals surface area contributed by atoms with Crippen LogP contribution in [0.15, 0.2) is 36.4 Å². The number of anilines is 3. The maximum Gasteiger partial charge on any atom is 0.217 e. The van der Waals surface area contributed by atoms with Gasteiger partial charge in [-0.25, -0.2) is 13.8 Å². The lowest BCUT2D eigenvalue weighted by atomic mass is 10.1. The molecule has 9 heteroatoms. The zero-order valence-corrected chi connectivity index (χ0v) is 17.3. The molecule has 31 heavy (non-hydrogen) atoms. The van der Waals surface area contributed by atoms with Crippen LogP contribution in [-0.2, 0) is 11.3 Å². The van der Waals surface area contributed by atoms with Crippen LogP contribution in [0.5, 0.6) is 0 Å². The second kappa shape index (κ2) is 8.71. The monoisotopic (exact) mass is 426 g/mol. The number of benzene rings is 1. The summed E-state index contributed by atoms with van der Waals surface area (Å²) < 4.78 is 28.0. The summed E-state index contributed by atoms with van der Waals surface area (Å²) in [6.07, 6.45) is 2.25. The first kappa shape index (κ1) is 20.8. The van der Waals surface area contributed by atoms with Crippen LogP contribution in [0.25, 0.3) is 0 Å². The molecule has 3 aromatic rings. The number of halogens is 2. The average Bonchev–Trinajstić information content (AvgIpc) is 3.48. The standard InChI is InChI=1S/C22H24F2N6O/c1-12(14-5-7-17(23)8-6-14)26-21-16(11-25-13(2)31)9-18(24)22(28-21)27-20-10-19(29-30-20)15-3-4-15/h5-10,12,15H,3-4,11H2,1-2H3,(H,25,31)(H3,26,27,28,29,30). The van der Waals surface area contributed by atoms with Crippen LogP contribution in [0.4, 0.5) is 26.2 Å². The molecule has 1 unspecified atom stereocenters. The van der Waals surface area contributed by atoms with E-state index >= 15 is 0 Å². The Labute approximate surface area is 178 Å². The van der Waals surface area contributed by atoms with Crippen molar-refractivity contribution in [3.05, 3.63) is 64.9 Å². The average molecular weight is 426 g/mol. The number of hydrogen-bond acceptors (Lipinski definition) is 5. The second-order valence-electron chi connectivity index (χ2n) is 7.76. The smallest absolute Gasteiger partial charge is 0.217 e. The van der Waals surface area contributed by atoms with Gasteiger partial charge in [0.2, 0.25) is 5.91 Å². The maximum atomic E-state index is 14.8. The lowest BCUT2D eigenvalue weighted by Gasteiger charge is -2.19. The van der Waals surface area contributed by atoms with E-state index in [4.69, 9.17) is 0 Å². The van der Waals surface area contributed by atoms with Crippen molar-refractivity contribution in [1.82, 2.24) is 20.5 Å². The number of rotatable bonds is 8. The predicted octanol–water partition coefficient (Wildman–Crippen LogP) is 4.51. The number of carbonyl (C=O) groups is 1. The first-order valence-corrected chi connectivity index (χ1v) is 10.2. The van der Waals surface area contributed by atoms with Crippen LogP contribution in [0, 0.1) is 11.6 Å². The van der Waals surface area contributed by atoms with Crippen molar-refractivity contribution < 1.29 is 13.6 Å². The Kier molecular flexibility index (Phi) is 5.83. The van der Waals surface area contributed by atoms with Crippen molar-refractivity contribution in [3.8, 4) is 0 Å². The molecule has 0 spiro atoms. The summed E-state index contributed by atoms with van der Waals surface area (Å²) in [4.78, 5) is 15.8. The summed E-state index contributed by atoms with van der Waals surface area (Å²) >= 11 is 0. The maximum absolute atomic E-state index is 14.8. The van der Waals surface area contributed by atoms with E-state index in [1.807, 2.05) is 13.0 Å². The van der Waals surface area contributed by atoms with Crippen molar-refractivity contribution in [1.29, 1.82) is 0 Å². The van der Waals surface area contributed by atoms with Gasteiger partial charge in [-0.1, -0.05) is 12.1 Å². The third-order valence-corrected chi connectivity index (χ3v) is 5.17. The van der Waals surface area contributed by atoms with Crippen LogP contribution in [0.2, 0.25) is 0 Å². The molecule has 0 saturated heterocycles. The molecule has 1 saturated carbocycles. The topological polar surface area (TPSA) is 94.7 Å². The van der Waals surface area contributed by atoms with Gasteiger partial charge in [0.15, 0.2) is 17.5 Å². The highest BCUT2D eigenvalue weighted by atomic mass is 19.1. The zero-order valence-electron chi connectivity index (χ0n) is 17.3. The Morgan fingerprint density at radius 2 is 1.94 bits per heavy atom. The van der Waals surface area contributed by atoms with Gasteiger partial charge in [-0.15, -0.1) is 0 Å². The number of nitrogens with one attached hydrogen (secondary N) is 4. The summed E-state index contributed by atoms with van der Waals surface area (Å²) in [6, 6.07) is 9.07. The minimum atomic E-state index is -0.559. The number of H-pyrrole nitrogens is 1. The van der Waals surface area contributed by atoms with Crippen LogP contribution in [0.1, 0.15) is 55.5 Å². The molecular weight excluding hydrogens is 402 g/mol. The SMILES string of the molecule is CC(=O)NCc1cc(F)c(Nc2cc(C3CC3)[nH]n2)nc1NC(C)c1ccc(F)cc1. The highest BCUT2D eigenvalue weighted by molar-refractivity contribution is 5.73. The van der Waals surface area contributed by atoms with E-state index in [0.29, 0.717) is 23.1 Å². The molecule has 1 atom stereocenters. The molecule has 1 aliphatic rings. The quantitative estimate of drug-likeness (QED) is 0.425. The summed E-state index contributed by atoms with van der Waals surface area (Å²) in [5, 5.41) is 16.0. The Hall–Kier alpha value is -3.49. The van der Waals surface area contributed by atoms with E-state index in [0.717, 1.165) is 24.1 Å². The molecule has 0 aliphatic heterocycles. The normalized spacial score (nSPS) is 14.2. The van der Waals surface area contributed by atoms with Gasteiger partial charge in [0.25, 0.3) is 0 Å². The lowest BCUT2D eigenvalue weighted by Crippen LogP contribution is -2.21. The first-order valence-electron chi connectivity index (χ1n) is 10.2. The molecule has 4 rings (SSSR count). The number of aromatic amines is 1. The number of aromatic nitrogens is 3. The van der Waals surface area contributed by atoms with Gasteiger partial charge in [-0.3, -0.25) is 9.89 Å². The largest absolute Gasteiger partial charge is 0.363 e. The van der Waals surface area contributed by atoms with Crippen molar-refractivity contribution >= 4 is 23.4 Å². The van der Waals surface area contributed by atoms with Gasteiger partial charge in [0.05, 0.1) is 0 Å². The van der Waals surface area contributed by atoms with E-state index in [9.17, 15) is 13.6 Å². The fraction of sp³-hybridized carbons (Fsp3) is 0.318. The number of carbonyl (C=O) groups excluding carboxylic acids is 1. The third kappa shape index (κ3) is 5.17. The van der Waals surface area contributed by atoms with E-state index < -0.39 is 5.82 Å². The van der Waals surface area contributed by atoms with Crippen molar-refractivity contribution in [2.75, 3.05) is 10.6 Å². The molecule has 1 aromatic carbocycles. The third-order valence-electron chi connectivity index (χ3n) is 5.17. The van der Waals surface area contributed by atoms with Crippen LogP contribution in [0.3, 0.4) is 0 Å². The van der Waals surface area contributed by atoms with Gasteiger partial charge < -0.3 is 16.0 Å². The second-order valence-corrected chi connectivity index (χ2v) is 7.76. The van der Waals surface area contributed by atoms with Gasteiger partial charge in [0, 0.05) is 42.8 Å². The first-order chi connectivity index (χ1) is 14.9. The molecule has 0 radical (unpaired) electrons. The molecule has 1 aliphatic carbocycles. The van der Waals surface area contributed by atoms with Crippen molar-refractivity contribution in [2.45, 2.75) is 45.2 Å². The summed E-state index contributed by atoms with van der Waals surface area (Å²) in [6.45, 7) is 3.40. The van der Waals surface area contributed by atoms with Gasteiger partial charge in [0.1, 0.15) is 11.6 Å². The molecule has 1 amide bonds. The zero-order chi connectivity index (χ0) is 22.0. The van der Waals surface area contributed by atoms with E-state index in [1.165, 1.54) is 25.1 Å². The minimum absolute atomic E-state index is 0.0224. The number of hydrogen-bond donors (Lipinski definition) is 4. The Morgan fingerprint density at radius 3 is 2.61 bits per heavy atom. The summed E-state index contributed by atoms with van der Waals surface area (Å²) in [7, 11) is 0. The summed E-state index contributed by atoms with van der Waals surface area (Å²) in [5.41, 5.74) is 2.36. The van der Waals surface area contributed by atoms with Crippen molar-refractivity contribution in [3.63, 3.8) is 0 Å². The highest BCUT2D eigenvalue weighted by Crippen LogP contribution is 2.39. The molecule has 2 aromatic heterocycles. The molecule has 4 N–H and O–H groups in total. The molecule has 1 fully saturated rings. The minimum Gasteiger partial charge on any atom is -0.363 e. The fourth-order valence-corrected chi connectivity index (χ4v) is 3.26. The van der Waals surface area contributed by atoms with Crippen LogP contribution < -0.4 is 16.0 Å². The fourth-order valence-electron chi connectivity index (χ4n) is 3.26. The molecule has 162 valence electrons. The number of amides is 1. The molecule has 2 heterocycles. The highest BCUT2D eigenvalue weighted by Gasteiger charge is 2.26. The van der Waals surface area contributed by atoms with Gasteiger partial charge in [-0.2, -0.15) is 5.10 Å². The van der Waals surface area contributed by atoms with Gasteiger partial charge in [-0.05, 0) is 43.5 Å².